The van der Waals surface area contributed by atoms with E-state index in [0.29, 0.717) is 6.54 Å². The highest BCUT2D eigenvalue weighted by Crippen LogP contribution is 2.28. The highest BCUT2D eigenvalue weighted by Gasteiger charge is 2.26. The first-order chi connectivity index (χ1) is 8.72. The van der Waals surface area contributed by atoms with Crippen molar-refractivity contribution in [1.29, 1.82) is 0 Å². The second-order valence-electron chi connectivity index (χ2n) is 4.82. The first kappa shape index (κ1) is 13.2. The number of para-hydroxylation sites is 1. The standard InChI is InChI=1S/C14H22N2O2/c1-2-16(12-6-7-12)9-8-15-10-11-4-3-5-13(17)14(11)18/h3-5,12,15,17-18H,2,6-10H2,1H3. The van der Waals surface area contributed by atoms with Gasteiger partial charge in [0.2, 0.25) is 0 Å². The fraction of sp³-hybridized carbons (Fsp3) is 0.571. The Hall–Kier alpha value is -1.26. The number of nitrogens with zero attached hydrogens (tertiary/aromatic N) is 1. The third-order valence-corrected chi connectivity index (χ3v) is 3.46. The smallest absolute Gasteiger partial charge is 0.161 e. The summed E-state index contributed by atoms with van der Waals surface area (Å²) in [6.45, 7) is 5.83. The third kappa shape index (κ3) is 3.37. The topological polar surface area (TPSA) is 55.7 Å². The Morgan fingerprint density at radius 3 is 2.78 bits per heavy atom. The average Bonchev–Trinajstić information content (AvgIpc) is 3.19. The normalized spacial score (nSPS) is 15.2. The van der Waals surface area contributed by atoms with E-state index >= 15 is 0 Å². The summed E-state index contributed by atoms with van der Waals surface area (Å²) >= 11 is 0. The van der Waals surface area contributed by atoms with Crippen LogP contribution in [0.3, 0.4) is 0 Å². The molecule has 0 radical (unpaired) electrons. The summed E-state index contributed by atoms with van der Waals surface area (Å²) < 4.78 is 0. The van der Waals surface area contributed by atoms with Crippen molar-refractivity contribution in [3.8, 4) is 11.5 Å². The second-order valence-corrected chi connectivity index (χ2v) is 4.82. The molecule has 0 aromatic heterocycles. The molecule has 3 N–H and O–H groups in total. The molecule has 1 aliphatic carbocycles. The lowest BCUT2D eigenvalue weighted by Gasteiger charge is -2.19. The van der Waals surface area contributed by atoms with Crippen LogP contribution in [-0.2, 0) is 6.54 Å². The molecular formula is C14H22N2O2. The molecule has 0 spiro atoms. The van der Waals surface area contributed by atoms with Crippen LogP contribution in [0.5, 0.6) is 11.5 Å². The van der Waals surface area contributed by atoms with Gasteiger partial charge in [0.05, 0.1) is 0 Å². The van der Waals surface area contributed by atoms with Crippen LogP contribution in [0.1, 0.15) is 25.3 Å². The molecule has 0 atom stereocenters. The molecule has 0 unspecified atom stereocenters. The molecule has 0 bridgehead atoms. The number of hydrogen-bond donors (Lipinski definition) is 3. The number of likely N-dealkylation sites (N-methyl/N-ethyl adjacent to an activating group) is 1. The highest BCUT2D eigenvalue weighted by atomic mass is 16.3. The average molecular weight is 250 g/mol. The van der Waals surface area contributed by atoms with E-state index in [1.165, 1.54) is 18.9 Å². The van der Waals surface area contributed by atoms with Gasteiger partial charge in [0.15, 0.2) is 11.5 Å². The molecule has 18 heavy (non-hydrogen) atoms. The monoisotopic (exact) mass is 250 g/mol. The van der Waals surface area contributed by atoms with E-state index in [1.807, 2.05) is 6.07 Å². The minimum absolute atomic E-state index is 0.0143. The predicted octanol–water partition coefficient (Wildman–Crippen LogP) is 1.67. The fourth-order valence-corrected chi connectivity index (χ4v) is 2.20. The molecule has 1 aromatic carbocycles. The number of benzene rings is 1. The van der Waals surface area contributed by atoms with Crippen LogP contribution >= 0.6 is 0 Å². The molecule has 0 amide bonds. The zero-order valence-electron chi connectivity index (χ0n) is 10.9. The van der Waals surface area contributed by atoms with Crippen LogP contribution in [0.15, 0.2) is 18.2 Å². The number of hydrogen-bond acceptors (Lipinski definition) is 4. The van der Waals surface area contributed by atoms with E-state index < -0.39 is 0 Å². The number of rotatable bonds is 7. The lowest BCUT2D eigenvalue weighted by atomic mass is 10.2. The van der Waals surface area contributed by atoms with Crippen molar-refractivity contribution in [2.45, 2.75) is 32.4 Å². The number of aromatic hydroxyl groups is 2. The van der Waals surface area contributed by atoms with E-state index in [2.05, 4.69) is 17.1 Å². The van der Waals surface area contributed by atoms with Crippen LogP contribution in [0.4, 0.5) is 0 Å². The number of phenolic OH excluding ortho intramolecular Hbond substituents is 2. The summed E-state index contributed by atoms with van der Waals surface area (Å²) in [5, 5.41) is 22.3. The summed E-state index contributed by atoms with van der Waals surface area (Å²) in [7, 11) is 0. The van der Waals surface area contributed by atoms with Crippen molar-refractivity contribution in [3.05, 3.63) is 23.8 Å². The lowest BCUT2D eigenvalue weighted by Crippen LogP contribution is -2.33. The molecule has 0 heterocycles. The van der Waals surface area contributed by atoms with Gasteiger partial charge in [0, 0.05) is 31.2 Å². The molecular weight excluding hydrogens is 228 g/mol. The summed E-state index contributed by atoms with van der Waals surface area (Å²) in [5.41, 5.74) is 0.740. The molecule has 100 valence electrons. The summed E-state index contributed by atoms with van der Waals surface area (Å²) in [6.07, 6.45) is 2.67. The van der Waals surface area contributed by atoms with E-state index in [4.69, 9.17) is 0 Å². The van der Waals surface area contributed by atoms with Crippen LogP contribution in [0, 0.1) is 0 Å². The zero-order valence-corrected chi connectivity index (χ0v) is 10.9. The predicted molar refractivity (Wildman–Crippen MR) is 71.7 cm³/mol. The maximum absolute atomic E-state index is 9.65. The van der Waals surface area contributed by atoms with Gasteiger partial charge in [0.25, 0.3) is 0 Å². The molecule has 0 aliphatic heterocycles. The van der Waals surface area contributed by atoms with Crippen LogP contribution in [0.2, 0.25) is 0 Å². The SMILES string of the molecule is CCN(CCNCc1cccc(O)c1O)C1CC1. The first-order valence-electron chi connectivity index (χ1n) is 6.67. The van der Waals surface area contributed by atoms with E-state index in [1.54, 1.807) is 6.07 Å². The van der Waals surface area contributed by atoms with E-state index in [0.717, 1.165) is 31.2 Å². The summed E-state index contributed by atoms with van der Waals surface area (Å²) in [5.74, 6) is -0.0676. The minimum atomic E-state index is -0.0533. The van der Waals surface area contributed by atoms with Gasteiger partial charge in [-0.05, 0) is 25.5 Å². The number of phenols is 2. The highest BCUT2D eigenvalue weighted by molar-refractivity contribution is 5.44. The van der Waals surface area contributed by atoms with Gasteiger partial charge in [-0.2, -0.15) is 0 Å². The molecule has 2 rings (SSSR count). The van der Waals surface area contributed by atoms with Crippen molar-refractivity contribution in [2.24, 2.45) is 0 Å². The van der Waals surface area contributed by atoms with Gasteiger partial charge < -0.3 is 15.5 Å². The maximum Gasteiger partial charge on any atom is 0.161 e. The Labute approximate surface area is 108 Å². The largest absolute Gasteiger partial charge is 0.504 e. The Balaban J connectivity index is 1.73. The first-order valence-corrected chi connectivity index (χ1v) is 6.67. The van der Waals surface area contributed by atoms with Crippen LogP contribution < -0.4 is 5.32 Å². The fourth-order valence-electron chi connectivity index (χ4n) is 2.20. The lowest BCUT2D eigenvalue weighted by molar-refractivity contribution is 0.276. The Kier molecular flexibility index (Phi) is 4.44. The van der Waals surface area contributed by atoms with Crippen molar-refractivity contribution in [3.63, 3.8) is 0 Å². The van der Waals surface area contributed by atoms with Gasteiger partial charge in [-0.25, -0.2) is 0 Å². The molecule has 1 aromatic rings. The van der Waals surface area contributed by atoms with Crippen molar-refractivity contribution in [1.82, 2.24) is 10.2 Å². The van der Waals surface area contributed by atoms with Gasteiger partial charge in [-0.15, -0.1) is 0 Å². The zero-order chi connectivity index (χ0) is 13.0. The molecule has 1 saturated carbocycles. The quantitative estimate of drug-likeness (QED) is 0.509. The molecule has 0 saturated heterocycles. The van der Waals surface area contributed by atoms with Crippen molar-refractivity contribution < 1.29 is 10.2 Å². The minimum Gasteiger partial charge on any atom is -0.504 e. The van der Waals surface area contributed by atoms with Gasteiger partial charge in [0.1, 0.15) is 0 Å². The van der Waals surface area contributed by atoms with Gasteiger partial charge in [-0.3, -0.25) is 4.90 Å². The molecule has 1 aliphatic rings. The third-order valence-electron chi connectivity index (χ3n) is 3.46. The van der Waals surface area contributed by atoms with Crippen LogP contribution in [0.25, 0.3) is 0 Å². The molecule has 4 nitrogen and oxygen atoms in total. The van der Waals surface area contributed by atoms with Gasteiger partial charge >= 0.3 is 0 Å². The van der Waals surface area contributed by atoms with Crippen LogP contribution in [-0.4, -0.2) is 40.8 Å². The van der Waals surface area contributed by atoms with Gasteiger partial charge in [-0.1, -0.05) is 19.1 Å². The van der Waals surface area contributed by atoms with E-state index in [-0.39, 0.29) is 11.5 Å². The summed E-state index contributed by atoms with van der Waals surface area (Å²) in [6, 6.07) is 5.85. The van der Waals surface area contributed by atoms with Crippen molar-refractivity contribution in [2.75, 3.05) is 19.6 Å². The maximum atomic E-state index is 9.65. The Morgan fingerprint density at radius 1 is 1.33 bits per heavy atom. The molecule has 4 heteroatoms. The van der Waals surface area contributed by atoms with E-state index in [9.17, 15) is 10.2 Å². The summed E-state index contributed by atoms with van der Waals surface area (Å²) in [4.78, 5) is 2.48. The second kappa shape index (κ2) is 6.07. The molecule has 1 fully saturated rings. The Morgan fingerprint density at radius 2 is 2.11 bits per heavy atom. The van der Waals surface area contributed by atoms with Crippen molar-refractivity contribution >= 4 is 0 Å². The Bertz CT molecular complexity index is 391. The number of nitrogens with one attached hydrogen (secondary N) is 1.